The van der Waals surface area contributed by atoms with Crippen LogP contribution in [0.2, 0.25) is 5.02 Å². The summed E-state index contributed by atoms with van der Waals surface area (Å²) in [6.45, 7) is 6.56. The molecule has 190 valence electrons. The number of esters is 2. The number of aromatic nitrogens is 1. The predicted octanol–water partition coefficient (Wildman–Crippen LogP) is 3.55. The van der Waals surface area contributed by atoms with E-state index >= 15 is 0 Å². The van der Waals surface area contributed by atoms with Gasteiger partial charge in [0.15, 0.2) is 16.3 Å². The number of fused-ring (bicyclic) bond motifs is 1. The van der Waals surface area contributed by atoms with Crippen LogP contribution in [0.4, 0.5) is 0 Å². The van der Waals surface area contributed by atoms with Crippen LogP contribution >= 0.6 is 22.9 Å². The molecule has 1 aliphatic rings. The second-order valence-electron chi connectivity index (χ2n) is 8.02. The zero-order chi connectivity index (χ0) is 26.7. The van der Waals surface area contributed by atoms with E-state index in [-0.39, 0.29) is 29.2 Å². The van der Waals surface area contributed by atoms with Crippen LogP contribution in [-0.4, -0.2) is 30.2 Å². The average Bonchev–Trinajstić information content (AvgIpc) is 3.17. The number of carbonyl (C=O) groups is 2. The van der Waals surface area contributed by atoms with Crippen molar-refractivity contribution in [1.82, 2.24) is 4.57 Å². The minimum absolute atomic E-state index is 0.00195. The van der Waals surface area contributed by atoms with Gasteiger partial charge in [-0.2, -0.15) is 0 Å². The number of methoxy groups -OCH3 is 1. The van der Waals surface area contributed by atoms with Crippen LogP contribution < -0.4 is 24.4 Å². The minimum atomic E-state index is -0.860. The zero-order valence-electron chi connectivity index (χ0n) is 20.3. The number of halogens is 1. The molecule has 37 heavy (non-hydrogen) atoms. The monoisotopic (exact) mass is 538 g/mol. The summed E-state index contributed by atoms with van der Waals surface area (Å²) in [5.41, 5.74) is 1.64. The second kappa shape index (κ2) is 11.0. The lowest BCUT2D eigenvalue weighted by Crippen LogP contribution is -2.40. The molecule has 0 radical (unpaired) electrons. The third-order valence-corrected chi connectivity index (χ3v) is 6.73. The van der Waals surface area contributed by atoms with Gasteiger partial charge in [0.1, 0.15) is 6.61 Å². The van der Waals surface area contributed by atoms with Crippen molar-refractivity contribution >= 4 is 41.0 Å². The summed E-state index contributed by atoms with van der Waals surface area (Å²) in [7, 11) is 1.43. The van der Waals surface area contributed by atoms with E-state index in [1.54, 1.807) is 55.5 Å². The van der Waals surface area contributed by atoms with Crippen molar-refractivity contribution in [2.75, 3.05) is 13.7 Å². The van der Waals surface area contributed by atoms with Crippen LogP contribution in [-0.2, 0) is 14.3 Å². The zero-order valence-corrected chi connectivity index (χ0v) is 21.9. The first kappa shape index (κ1) is 26.1. The van der Waals surface area contributed by atoms with Crippen molar-refractivity contribution in [3.8, 4) is 11.5 Å². The number of hydrogen-bond acceptors (Lipinski definition) is 8. The van der Waals surface area contributed by atoms with Gasteiger partial charge in [-0.1, -0.05) is 53.8 Å². The third kappa shape index (κ3) is 5.42. The molecule has 1 aromatic heterocycles. The quantitative estimate of drug-likeness (QED) is 0.259. The highest BCUT2D eigenvalue weighted by molar-refractivity contribution is 7.07. The van der Waals surface area contributed by atoms with Gasteiger partial charge >= 0.3 is 11.9 Å². The Morgan fingerprint density at radius 3 is 2.57 bits per heavy atom. The normalized spacial score (nSPS) is 15.0. The molecule has 0 amide bonds. The lowest BCUT2D eigenvalue weighted by atomic mass is 9.95. The summed E-state index contributed by atoms with van der Waals surface area (Å²) in [5, 5.41) is 0.586. The number of thiazole rings is 1. The first-order chi connectivity index (χ1) is 17.7. The molecule has 0 saturated carbocycles. The van der Waals surface area contributed by atoms with Crippen molar-refractivity contribution in [2.24, 2.45) is 4.99 Å². The molecular weight excluding hydrogens is 516 g/mol. The molecule has 0 bridgehead atoms. The highest BCUT2D eigenvalue weighted by Gasteiger charge is 2.34. The van der Waals surface area contributed by atoms with Gasteiger partial charge in [0.25, 0.3) is 5.56 Å². The van der Waals surface area contributed by atoms with Crippen LogP contribution in [0.15, 0.2) is 76.2 Å². The van der Waals surface area contributed by atoms with Crippen molar-refractivity contribution in [2.45, 2.75) is 19.9 Å². The van der Waals surface area contributed by atoms with E-state index in [0.717, 1.165) is 5.56 Å². The smallest absolute Gasteiger partial charge is 0.338 e. The van der Waals surface area contributed by atoms with E-state index in [4.69, 9.17) is 25.8 Å². The van der Waals surface area contributed by atoms with Gasteiger partial charge in [-0.25, -0.2) is 9.79 Å². The van der Waals surface area contributed by atoms with Gasteiger partial charge in [0, 0.05) is 11.9 Å². The van der Waals surface area contributed by atoms with Gasteiger partial charge in [0.2, 0.25) is 0 Å². The first-order valence-electron chi connectivity index (χ1n) is 11.2. The van der Waals surface area contributed by atoms with Crippen LogP contribution in [0.1, 0.15) is 31.0 Å². The van der Waals surface area contributed by atoms with E-state index in [0.29, 0.717) is 25.6 Å². The fourth-order valence-electron chi connectivity index (χ4n) is 3.91. The number of carbonyl (C=O) groups excluding carboxylic acids is 2. The van der Waals surface area contributed by atoms with Gasteiger partial charge in [-0.3, -0.25) is 14.2 Å². The van der Waals surface area contributed by atoms with Crippen LogP contribution in [0.25, 0.3) is 6.08 Å². The van der Waals surface area contributed by atoms with Gasteiger partial charge < -0.3 is 14.2 Å². The van der Waals surface area contributed by atoms with Gasteiger partial charge in [-0.05, 0) is 48.4 Å². The Morgan fingerprint density at radius 2 is 1.92 bits per heavy atom. The Labute approximate surface area is 221 Å². The second-order valence-corrected chi connectivity index (χ2v) is 9.47. The lowest BCUT2D eigenvalue weighted by molar-refractivity contribution is -0.138. The summed E-state index contributed by atoms with van der Waals surface area (Å²) < 4.78 is 17.9. The van der Waals surface area contributed by atoms with E-state index < -0.39 is 18.0 Å². The fourth-order valence-corrected chi connectivity index (χ4v) is 5.09. The number of benzene rings is 2. The predicted molar refractivity (Wildman–Crippen MR) is 141 cm³/mol. The van der Waals surface area contributed by atoms with Crippen molar-refractivity contribution in [1.29, 1.82) is 0 Å². The fraction of sp³-hybridized carbons (Fsp3) is 0.185. The van der Waals surface area contributed by atoms with Crippen molar-refractivity contribution < 1.29 is 23.8 Å². The Balaban J connectivity index is 1.93. The number of nitrogens with zero attached hydrogens (tertiary/aromatic N) is 2. The molecular formula is C27H23ClN2O6S. The molecule has 0 N–H and O–H groups in total. The van der Waals surface area contributed by atoms with E-state index in [2.05, 4.69) is 11.6 Å². The van der Waals surface area contributed by atoms with E-state index in [1.807, 2.05) is 0 Å². The molecule has 3 aromatic rings. The average molecular weight is 539 g/mol. The highest BCUT2D eigenvalue weighted by atomic mass is 35.5. The van der Waals surface area contributed by atoms with Gasteiger partial charge in [-0.15, -0.1) is 0 Å². The molecule has 0 saturated heterocycles. The molecule has 1 atom stereocenters. The molecule has 1 aliphatic heterocycles. The number of allylic oxidation sites excluding steroid dienone is 1. The summed E-state index contributed by atoms with van der Waals surface area (Å²) in [5.74, 6) is -0.651. The molecule has 8 nitrogen and oxygen atoms in total. The molecule has 0 spiro atoms. The van der Waals surface area contributed by atoms with E-state index in [9.17, 15) is 14.4 Å². The largest absolute Gasteiger partial charge is 0.493 e. The molecule has 2 aromatic carbocycles. The summed E-state index contributed by atoms with van der Waals surface area (Å²) >= 11 is 7.20. The standard InChI is InChI=1S/C27H23ClN2O6S/c1-5-12-35-26(33)23-15(2)29-27-30(25(32)22(37-27)13-17-6-9-19(28)10-7-17)24(23)18-8-11-20(36-16(3)31)21(14-18)34-4/h5-11,13-14,24H,1,12H2,2-4H3. The summed E-state index contributed by atoms with van der Waals surface area (Å²) in [6.07, 6.45) is 3.21. The van der Waals surface area contributed by atoms with Crippen molar-refractivity contribution in [3.63, 3.8) is 0 Å². The molecule has 0 aliphatic carbocycles. The van der Waals surface area contributed by atoms with E-state index in [1.165, 1.54) is 36.0 Å². The Morgan fingerprint density at radius 1 is 1.19 bits per heavy atom. The molecule has 4 rings (SSSR count). The molecule has 0 fully saturated rings. The summed E-state index contributed by atoms with van der Waals surface area (Å²) in [4.78, 5) is 43.3. The number of ether oxygens (including phenoxy) is 3. The Hall–Kier alpha value is -3.95. The molecule has 10 heteroatoms. The topological polar surface area (TPSA) is 96.2 Å². The summed E-state index contributed by atoms with van der Waals surface area (Å²) in [6, 6.07) is 11.1. The Bertz CT molecular complexity index is 1600. The number of hydrogen-bond donors (Lipinski definition) is 0. The maximum absolute atomic E-state index is 13.7. The minimum Gasteiger partial charge on any atom is -0.493 e. The Kier molecular flexibility index (Phi) is 7.75. The van der Waals surface area contributed by atoms with Crippen LogP contribution in [0.5, 0.6) is 11.5 Å². The maximum atomic E-state index is 13.7. The maximum Gasteiger partial charge on any atom is 0.338 e. The molecule has 2 heterocycles. The van der Waals surface area contributed by atoms with Crippen molar-refractivity contribution in [3.05, 3.63) is 102 Å². The molecule has 1 unspecified atom stereocenters. The third-order valence-electron chi connectivity index (χ3n) is 5.50. The lowest BCUT2D eigenvalue weighted by Gasteiger charge is -2.25. The van der Waals surface area contributed by atoms with Crippen LogP contribution in [0.3, 0.4) is 0 Å². The highest BCUT2D eigenvalue weighted by Crippen LogP contribution is 2.36. The SMILES string of the molecule is C=CCOC(=O)C1=C(C)N=c2sc(=Cc3ccc(Cl)cc3)c(=O)n2C1c1ccc(OC(C)=O)c(OC)c1. The van der Waals surface area contributed by atoms with Crippen LogP contribution in [0, 0.1) is 0 Å². The van der Waals surface area contributed by atoms with Gasteiger partial charge in [0.05, 0.1) is 29.0 Å². The number of rotatable bonds is 7. The first-order valence-corrected chi connectivity index (χ1v) is 12.4.